The number of hydrogen-bond donors (Lipinski definition) is 4. The lowest BCUT2D eigenvalue weighted by atomic mass is 10.0. The molecule has 148 valence electrons. The summed E-state index contributed by atoms with van der Waals surface area (Å²) in [5.74, 6) is -2.10. The minimum absolute atomic E-state index is 0.0648. The van der Waals surface area contributed by atoms with Crippen LogP contribution in [0.5, 0.6) is 0 Å². The van der Waals surface area contributed by atoms with Crippen LogP contribution >= 0.6 is 0 Å². The average Bonchev–Trinajstić information content (AvgIpc) is 3.10. The van der Waals surface area contributed by atoms with Crippen molar-refractivity contribution in [1.82, 2.24) is 15.6 Å². The number of nitrogens with one attached hydrogen (secondary N) is 3. The third kappa shape index (κ3) is 5.22. The predicted molar refractivity (Wildman–Crippen MR) is 107 cm³/mol. The number of carboxylic acid groups (broad SMARTS) is 1. The third-order valence-electron chi connectivity index (χ3n) is 4.51. The van der Waals surface area contributed by atoms with Crippen molar-refractivity contribution in [3.63, 3.8) is 0 Å². The number of carboxylic acids is 1. The van der Waals surface area contributed by atoms with Crippen LogP contribution in [0.15, 0.2) is 48.5 Å². The molecule has 0 fully saturated rings. The van der Waals surface area contributed by atoms with Crippen LogP contribution in [0.25, 0.3) is 10.9 Å². The Kier molecular flexibility index (Phi) is 6.29. The maximum atomic E-state index is 12.8. The van der Waals surface area contributed by atoms with Crippen molar-refractivity contribution in [2.45, 2.75) is 31.8 Å². The van der Waals surface area contributed by atoms with Crippen molar-refractivity contribution in [3.8, 4) is 0 Å². The van der Waals surface area contributed by atoms with Gasteiger partial charge in [-0.1, -0.05) is 42.5 Å². The molecule has 3 aromatic rings. The molecule has 0 bridgehead atoms. The van der Waals surface area contributed by atoms with E-state index in [0.717, 1.165) is 16.5 Å². The standard InChI is InChI=1S/C22H21N3O4/c1-14(26)24-19(11-15-7-3-2-4-8-15)21(27)25-20(22(28)29)12-16-13-23-18-10-6-5-9-17(16)18/h2-7,9-10,19-20,23H,11-12H2,1H3,(H,24,26)(H,25,27)(H,28,29). The van der Waals surface area contributed by atoms with E-state index in [1.165, 1.54) is 6.92 Å². The van der Waals surface area contributed by atoms with Crippen molar-refractivity contribution >= 4 is 28.7 Å². The average molecular weight is 391 g/mol. The molecule has 2 aromatic carbocycles. The zero-order valence-electron chi connectivity index (χ0n) is 15.9. The molecular weight excluding hydrogens is 370 g/mol. The van der Waals surface area contributed by atoms with Crippen LogP contribution in [-0.4, -0.2) is 40.0 Å². The van der Waals surface area contributed by atoms with E-state index >= 15 is 0 Å². The molecule has 7 heteroatoms. The first-order valence-corrected chi connectivity index (χ1v) is 9.17. The van der Waals surface area contributed by atoms with Gasteiger partial charge in [0.1, 0.15) is 12.1 Å². The number of carbonyl (C=O) groups is 3. The number of para-hydroxylation sites is 1. The molecule has 0 saturated heterocycles. The summed E-state index contributed by atoms with van der Waals surface area (Å²) in [4.78, 5) is 39.1. The number of rotatable bonds is 8. The first kappa shape index (κ1) is 20.1. The molecular formula is C22H21N3O4. The number of H-pyrrole nitrogens is 1. The highest BCUT2D eigenvalue weighted by Gasteiger charge is 2.27. The van der Waals surface area contributed by atoms with E-state index in [9.17, 15) is 19.5 Å². The summed E-state index contributed by atoms with van der Waals surface area (Å²) in [6.07, 6.45) is 3.23. The molecule has 2 atom stereocenters. The number of amides is 2. The topological polar surface area (TPSA) is 111 Å². The van der Waals surface area contributed by atoms with Crippen LogP contribution < -0.4 is 10.6 Å². The Morgan fingerprint density at radius 1 is 1.03 bits per heavy atom. The normalized spacial score (nSPS) is 12.9. The molecule has 0 aliphatic heterocycles. The monoisotopic (exact) mass is 391 g/mol. The summed E-state index contributed by atoms with van der Waals surface area (Å²) in [7, 11) is 0. The van der Waals surface area contributed by atoms with E-state index in [4.69, 9.17) is 0 Å². The highest BCUT2D eigenvalue weighted by Crippen LogP contribution is 2.18. The molecule has 3 rings (SSSR count). The maximum absolute atomic E-state index is 12.8. The van der Waals surface area contributed by atoms with Gasteiger partial charge < -0.3 is 20.7 Å². The fraction of sp³-hybridized carbons (Fsp3) is 0.227. The summed E-state index contributed by atoms with van der Waals surface area (Å²) in [5.41, 5.74) is 2.24. The van der Waals surface area contributed by atoms with E-state index in [1.54, 1.807) is 18.2 Å². The molecule has 4 N–H and O–H groups in total. The van der Waals surface area contributed by atoms with Crippen LogP contribution in [0.2, 0.25) is 0 Å². The van der Waals surface area contributed by atoms with Crippen molar-refractivity contribution in [2.75, 3.05) is 0 Å². The lowest BCUT2D eigenvalue weighted by molar-refractivity contribution is -0.142. The SMILES string of the molecule is CC(=O)NC(Cc1[c]cccc1)C(=O)NC(Cc1[c][nH]c2ccccc12)C(=O)O. The van der Waals surface area contributed by atoms with Gasteiger partial charge in [0.25, 0.3) is 0 Å². The summed E-state index contributed by atoms with van der Waals surface area (Å²) in [6, 6.07) is 15.5. The highest BCUT2D eigenvalue weighted by atomic mass is 16.4. The van der Waals surface area contributed by atoms with Crippen LogP contribution in [0.3, 0.4) is 0 Å². The fourth-order valence-corrected chi connectivity index (χ4v) is 3.13. The van der Waals surface area contributed by atoms with E-state index in [1.807, 2.05) is 30.3 Å². The van der Waals surface area contributed by atoms with Gasteiger partial charge in [-0.05, 0) is 23.3 Å². The molecule has 1 heterocycles. The Bertz CT molecular complexity index is 1010. The van der Waals surface area contributed by atoms with Gasteiger partial charge in [0.2, 0.25) is 11.8 Å². The van der Waals surface area contributed by atoms with E-state index < -0.39 is 24.0 Å². The van der Waals surface area contributed by atoms with E-state index in [-0.39, 0.29) is 18.7 Å². The zero-order chi connectivity index (χ0) is 20.8. The summed E-state index contributed by atoms with van der Waals surface area (Å²) < 4.78 is 0. The second-order valence-electron chi connectivity index (χ2n) is 6.72. The van der Waals surface area contributed by atoms with Crippen molar-refractivity contribution < 1.29 is 19.5 Å². The molecule has 0 spiro atoms. The molecule has 0 aliphatic rings. The molecule has 29 heavy (non-hydrogen) atoms. The Labute approximate surface area is 168 Å². The van der Waals surface area contributed by atoms with Gasteiger partial charge >= 0.3 is 5.97 Å². The van der Waals surface area contributed by atoms with E-state index in [0.29, 0.717) is 5.56 Å². The Morgan fingerprint density at radius 2 is 1.79 bits per heavy atom. The zero-order valence-corrected chi connectivity index (χ0v) is 15.9. The molecule has 2 unspecified atom stereocenters. The maximum Gasteiger partial charge on any atom is 0.326 e. The lowest BCUT2D eigenvalue weighted by Gasteiger charge is -2.21. The number of aromatic nitrogens is 1. The van der Waals surface area contributed by atoms with Crippen molar-refractivity contribution in [1.29, 1.82) is 0 Å². The minimum Gasteiger partial charge on any atom is -0.480 e. The number of hydrogen-bond acceptors (Lipinski definition) is 3. The van der Waals surface area contributed by atoms with Gasteiger partial charge in [-0.2, -0.15) is 0 Å². The highest BCUT2D eigenvalue weighted by molar-refractivity contribution is 5.91. The Balaban J connectivity index is 1.75. The molecule has 0 saturated carbocycles. The van der Waals surface area contributed by atoms with Gasteiger partial charge in [0, 0.05) is 30.7 Å². The number of aliphatic carboxylic acids is 1. The molecule has 2 amide bonds. The molecule has 2 radical (unpaired) electrons. The summed E-state index contributed by atoms with van der Waals surface area (Å²) in [6.45, 7) is 1.31. The van der Waals surface area contributed by atoms with E-state index in [2.05, 4.69) is 27.9 Å². The predicted octanol–water partition coefficient (Wildman–Crippen LogP) is 1.63. The molecule has 1 aromatic heterocycles. The fourth-order valence-electron chi connectivity index (χ4n) is 3.13. The number of fused-ring (bicyclic) bond motifs is 1. The quantitative estimate of drug-likeness (QED) is 0.468. The minimum atomic E-state index is -1.16. The van der Waals surface area contributed by atoms with Gasteiger partial charge in [0.05, 0.1) is 6.20 Å². The van der Waals surface area contributed by atoms with Crippen LogP contribution in [-0.2, 0) is 27.2 Å². The van der Waals surface area contributed by atoms with Crippen molar-refractivity contribution in [2.24, 2.45) is 0 Å². The van der Waals surface area contributed by atoms with Crippen LogP contribution in [0, 0.1) is 12.3 Å². The Morgan fingerprint density at radius 3 is 2.48 bits per heavy atom. The van der Waals surface area contributed by atoms with Gasteiger partial charge in [0.15, 0.2) is 0 Å². The molecule has 0 aliphatic carbocycles. The van der Waals surface area contributed by atoms with Gasteiger partial charge in [-0.25, -0.2) is 4.79 Å². The first-order chi connectivity index (χ1) is 13.9. The summed E-state index contributed by atoms with van der Waals surface area (Å²) >= 11 is 0. The van der Waals surface area contributed by atoms with Crippen molar-refractivity contribution in [3.05, 3.63) is 71.9 Å². The van der Waals surface area contributed by atoms with Crippen LogP contribution in [0.1, 0.15) is 18.1 Å². The molecule has 7 nitrogen and oxygen atoms in total. The second-order valence-corrected chi connectivity index (χ2v) is 6.72. The van der Waals surface area contributed by atoms with Crippen LogP contribution in [0.4, 0.5) is 0 Å². The number of benzene rings is 2. The third-order valence-corrected chi connectivity index (χ3v) is 4.51. The first-order valence-electron chi connectivity index (χ1n) is 9.17. The van der Waals surface area contributed by atoms with Gasteiger partial charge in [-0.15, -0.1) is 0 Å². The number of carbonyl (C=O) groups excluding carboxylic acids is 2. The van der Waals surface area contributed by atoms with Gasteiger partial charge in [-0.3, -0.25) is 9.59 Å². The Hall–Kier alpha value is -3.61. The number of aromatic amines is 1. The summed E-state index contributed by atoms with van der Waals surface area (Å²) in [5, 5.41) is 15.6. The second kappa shape index (κ2) is 9.05. The lowest BCUT2D eigenvalue weighted by Crippen LogP contribution is -2.52. The largest absolute Gasteiger partial charge is 0.480 e. The smallest absolute Gasteiger partial charge is 0.326 e.